The molecule has 0 bridgehead atoms. The molecule has 0 aliphatic heterocycles. The van der Waals surface area contributed by atoms with E-state index >= 15 is 0 Å². The Balaban J connectivity index is 2.38. The first kappa shape index (κ1) is 21.3. The quantitative estimate of drug-likeness (QED) is 0.713. The number of halogens is 1. The normalized spacial score (nSPS) is 12.4. The van der Waals surface area contributed by atoms with Crippen LogP contribution in [0.1, 0.15) is 32.3 Å². The summed E-state index contributed by atoms with van der Waals surface area (Å²) in [6.45, 7) is 5.53. The molecular weight excluding hydrogens is 384 g/mol. The van der Waals surface area contributed by atoms with Crippen LogP contribution >= 0.6 is 11.6 Å². The van der Waals surface area contributed by atoms with Crippen molar-refractivity contribution in [3.8, 4) is 0 Å². The highest BCUT2D eigenvalue weighted by molar-refractivity contribution is 7.92. The lowest BCUT2D eigenvalue weighted by molar-refractivity contribution is -0.120. The first-order chi connectivity index (χ1) is 12.7. The highest BCUT2D eigenvalue weighted by Gasteiger charge is 2.27. The Morgan fingerprint density at radius 1 is 1.19 bits per heavy atom. The second-order valence-electron chi connectivity index (χ2n) is 6.56. The molecule has 0 fully saturated rings. The molecule has 0 aromatic heterocycles. The number of nitrogens with one attached hydrogen (secondary N) is 1. The Labute approximate surface area is 166 Å². The summed E-state index contributed by atoms with van der Waals surface area (Å²) in [4.78, 5) is 12.6. The molecule has 146 valence electrons. The summed E-state index contributed by atoms with van der Waals surface area (Å²) in [7, 11) is -3.92. The van der Waals surface area contributed by atoms with Crippen LogP contribution in [-0.4, -0.2) is 26.9 Å². The topological polar surface area (TPSA) is 66.5 Å². The van der Waals surface area contributed by atoms with Crippen molar-refractivity contribution in [3.05, 3.63) is 59.1 Å². The molecule has 2 rings (SSSR count). The van der Waals surface area contributed by atoms with Gasteiger partial charge in [0, 0.05) is 11.1 Å². The fraction of sp³-hybridized carbons (Fsp3) is 0.350. The van der Waals surface area contributed by atoms with Crippen molar-refractivity contribution in [2.24, 2.45) is 0 Å². The summed E-state index contributed by atoms with van der Waals surface area (Å²) in [5.74, 6) is -0.338. The average Bonchev–Trinajstić information content (AvgIpc) is 2.60. The summed E-state index contributed by atoms with van der Waals surface area (Å²) in [5.41, 5.74) is 1.35. The van der Waals surface area contributed by atoms with E-state index in [1.165, 1.54) is 24.3 Å². The SMILES string of the molecule is CCC[C@@H](C)NC(=O)CN(c1cccc(C)c1)S(=O)(=O)c1ccc(Cl)cc1. The molecule has 2 aromatic carbocycles. The molecule has 1 amide bonds. The monoisotopic (exact) mass is 408 g/mol. The number of nitrogens with zero attached hydrogens (tertiary/aromatic N) is 1. The summed E-state index contributed by atoms with van der Waals surface area (Å²) >= 11 is 5.88. The zero-order valence-electron chi connectivity index (χ0n) is 15.8. The van der Waals surface area contributed by atoms with Crippen molar-refractivity contribution < 1.29 is 13.2 Å². The van der Waals surface area contributed by atoms with E-state index < -0.39 is 10.0 Å². The first-order valence-electron chi connectivity index (χ1n) is 8.88. The van der Waals surface area contributed by atoms with E-state index in [4.69, 9.17) is 11.6 Å². The predicted molar refractivity (Wildman–Crippen MR) is 110 cm³/mol. The number of aryl methyl sites for hydroxylation is 1. The Kier molecular flexibility index (Phi) is 7.27. The number of amides is 1. The van der Waals surface area contributed by atoms with Crippen LogP contribution in [-0.2, 0) is 14.8 Å². The van der Waals surface area contributed by atoms with Gasteiger partial charge in [0.1, 0.15) is 6.54 Å². The lowest BCUT2D eigenvalue weighted by atomic mass is 10.2. The van der Waals surface area contributed by atoms with E-state index in [2.05, 4.69) is 5.32 Å². The van der Waals surface area contributed by atoms with Crippen molar-refractivity contribution in [2.45, 2.75) is 44.6 Å². The third-order valence-corrected chi connectivity index (χ3v) is 6.15. The lowest BCUT2D eigenvalue weighted by Gasteiger charge is -2.25. The van der Waals surface area contributed by atoms with Gasteiger partial charge in [0.2, 0.25) is 5.91 Å². The fourth-order valence-electron chi connectivity index (χ4n) is 2.79. The number of carbonyl (C=O) groups is 1. The second-order valence-corrected chi connectivity index (χ2v) is 8.86. The van der Waals surface area contributed by atoms with Gasteiger partial charge in [-0.1, -0.05) is 37.1 Å². The van der Waals surface area contributed by atoms with E-state index in [1.807, 2.05) is 26.8 Å². The maximum absolute atomic E-state index is 13.2. The average molecular weight is 409 g/mol. The van der Waals surface area contributed by atoms with Crippen molar-refractivity contribution in [1.29, 1.82) is 0 Å². The highest BCUT2D eigenvalue weighted by Crippen LogP contribution is 2.25. The standard InChI is InChI=1S/C20H25ClN2O3S/c1-4-6-16(3)22-20(24)14-23(18-8-5-7-15(2)13-18)27(25,26)19-11-9-17(21)10-12-19/h5,7-13,16H,4,6,14H2,1-3H3,(H,22,24)/t16-/m1/s1. The summed E-state index contributed by atoms with van der Waals surface area (Å²) in [6.07, 6.45) is 1.77. The van der Waals surface area contributed by atoms with E-state index in [0.717, 1.165) is 22.7 Å². The van der Waals surface area contributed by atoms with Crippen LogP contribution in [0.5, 0.6) is 0 Å². The van der Waals surface area contributed by atoms with Gasteiger partial charge in [0.25, 0.3) is 10.0 Å². The summed E-state index contributed by atoms with van der Waals surface area (Å²) in [5, 5.41) is 3.31. The smallest absolute Gasteiger partial charge is 0.264 e. The number of anilines is 1. The van der Waals surface area contributed by atoms with Crippen LogP contribution in [0.4, 0.5) is 5.69 Å². The van der Waals surface area contributed by atoms with Crippen LogP contribution < -0.4 is 9.62 Å². The van der Waals surface area contributed by atoms with Crippen LogP contribution in [0.3, 0.4) is 0 Å². The number of rotatable bonds is 8. The molecule has 0 heterocycles. The molecule has 0 aliphatic carbocycles. The number of hydrogen-bond acceptors (Lipinski definition) is 3. The van der Waals surface area contributed by atoms with Gasteiger partial charge in [-0.25, -0.2) is 8.42 Å². The van der Waals surface area contributed by atoms with Crippen LogP contribution in [0.25, 0.3) is 0 Å². The first-order valence-corrected chi connectivity index (χ1v) is 10.7. The van der Waals surface area contributed by atoms with Gasteiger partial charge >= 0.3 is 0 Å². The van der Waals surface area contributed by atoms with Crippen LogP contribution in [0, 0.1) is 6.92 Å². The van der Waals surface area contributed by atoms with Crippen LogP contribution in [0.15, 0.2) is 53.4 Å². The molecule has 0 aliphatic rings. The minimum absolute atomic E-state index is 0.0138. The van der Waals surface area contributed by atoms with Gasteiger partial charge in [-0.15, -0.1) is 0 Å². The third kappa shape index (κ3) is 5.71. The largest absolute Gasteiger partial charge is 0.352 e. The number of benzene rings is 2. The Morgan fingerprint density at radius 3 is 2.44 bits per heavy atom. The van der Waals surface area contributed by atoms with E-state index in [1.54, 1.807) is 18.2 Å². The van der Waals surface area contributed by atoms with E-state index in [-0.39, 0.29) is 23.4 Å². The molecule has 0 saturated carbocycles. The van der Waals surface area contributed by atoms with Crippen LogP contribution in [0.2, 0.25) is 5.02 Å². The minimum atomic E-state index is -3.92. The predicted octanol–water partition coefficient (Wildman–Crippen LogP) is 4.15. The molecule has 2 aromatic rings. The zero-order chi connectivity index (χ0) is 20.0. The molecule has 0 spiro atoms. The second kappa shape index (κ2) is 9.24. The van der Waals surface area contributed by atoms with Crippen molar-refractivity contribution in [2.75, 3.05) is 10.8 Å². The maximum atomic E-state index is 13.2. The van der Waals surface area contributed by atoms with Crippen molar-refractivity contribution >= 4 is 33.2 Å². The van der Waals surface area contributed by atoms with Gasteiger partial charge in [-0.05, 0) is 62.2 Å². The minimum Gasteiger partial charge on any atom is -0.352 e. The molecule has 1 atom stereocenters. The molecular formula is C20H25ClN2O3S. The molecule has 0 radical (unpaired) electrons. The summed E-state index contributed by atoms with van der Waals surface area (Å²) in [6, 6.07) is 13.0. The highest BCUT2D eigenvalue weighted by atomic mass is 35.5. The Morgan fingerprint density at radius 2 is 1.85 bits per heavy atom. The van der Waals surface area contributed by atoms with E-state index in [9.17, 15) is 13.2 Å². The number of sulfonamides is 1. The molecule has 1 N–H and O–H groups in total. The molecule has 27 heavy (non-hydrogen) atoms. The van der Waals surface area contributed by atoms with Gasteiger partial charge in [0.05, 0.1) is 10.6 Å². The van der Waals surface area contributed by atoms with Crippen molar-refractivity contribution in [3.63, 3.8) is 0 Å². The fourth-order valence-corrected chi connectivity index (χ4v) is 4.33. The Bertz CT molecular complexity index is 882. The lowest BCUT2D eigenvalue weighted by Crippen LogP contribution is -2.43. The zero-order valence-corrected chi connectivity index (χ0v) is 17.3. The molecule has 0 unspecified atom stereocenters. The van der Waals surface area contributed by atoms with Crippen molar-refractivity contribution in [1.82, 2.24) is 5.32 Å². The van der Waals surface area contributed by atoms with Gasteiger partial charge in [-0.2, -0.15) is 0 Å². The van der Waals surface area contributed by atoms with Gasteiger partial charge in [0.15, 0.2) is 0 Å². The Hall–Kier alpha value is -2.05. The molecule has 5 nitrogen and oxygen atoms in total. The van der Waals surface area contributed by atoms with Gasteiger partial charge < -0.3 is 5.32 Å². The summed E-state index contributed by atoms with van der Waals surface area (Å²) < 4.78 is 27.5. The van der Waals surface area contributed by atoms with Gasteiger partial charge in [-0.3, -0.25) is 9.10 Å². The van der Waals surface area contributed by atoms with E-state index in [0.29, 0.717) is 10.7 Å². The third-order valence-electron chi connectivity index (χ3n) is 4.11. The number of carbonyl (C=O) groups excluding carboxylic acids is 1. The maximum Gasteiger partial charge on any atom is 0.264 e. The number of hydrogen-bond donors (Lipinski definition) is 1. The molecule has 0 saturated heterocycles. The molecule has 7 heteroatoms.